The van der Waals surface area contributed by atoms with Gasteiger partial charge in [-0.15, -0.1) is 0 Å². The fourth-order valence-electron chi connectivity index (χ4n) is 2.57. The van der Waals surface area contributed by atoms with E-state index in [0.29, 0.717) is 5.71 Å². The summed E-state index contributed by atoms with van der Waals surface area (Å²) in [6.07, 6.45) is 0. The predicted octanol–water partition coefficient (Wildman–Crippen LogP) is 2.95. The Morgan fingerprint density at radius 3 is 2.39 bits per heavy atom. The Kier molecular flexibility index (Phi) is 3.76. The normalized spacial score (nSPS) is 11.6. The zero-order valence-corrected chi connectivity index (χ0v) is 12.5. The fraction of sp³-hybridized carbons (Fsp3) is 0.0556. The molecule has 5 nitrogen and oxygen atoms in total. The lowest BCUT2D eigenvalue weighted by molar-refractivity contribution is 0.0697. The minimum atomic E-state index is -0.965. The van der Waals surface area contributed by atoms with Crippen molar-refractivity contribution in [3.8, 4) is 0 Å². The molecule has 0 aliphatic heterocycles. The molecule has 0 aliphatic rings. The van der Waals surface area contributed by atoms with Crippen LogP contribution in [0.1, 0.15) is 27.2 Å². The molecule has 0 atom stereocenters. The molecule has 3 rings (SSSR count). The quantitative estimate of drug-likeness (QED) is 0.442. The van der Waals surface area contributed by atoms with Gasteiger partial charge in [-0.2, -0.15) is 5.10 Å². The molecule has 1 aromatic heterocycles. The molecule has 0 bridgehead atoms. The Morgan fingerprint density at radius 1 is 1.09 bits per heavy atom. The van der Waals surface area contributed by atoms with Crippen LogP contribution in [-0.2, 0) is 0 Å². The van der Waals surface area contributed by atoms with Crippen LogP contribution < -0.4 is 5.84 Å². The highest BCUT2D eigenvalue weighted by molar-refractivity contribution is 6.19. The molecule has 3 aromatic rings. The number of nitrogens with two attached hydrogens (primary N) is 1. The number of hydrogen-bond acceptors (Lipinski definition) is 4. The third kappa shape index (κ3) is 2.76. The Labute approximate surface area is 133 Å². The first-order valence-electron chi connectivity index (χ1n) is 7.08. The Morgan fingerprint density at radius 2 is 1.74 bits per heavy atom. The minimum absolute atomic E-state index is 0.223. The van der Waals surface area contributed by atoms with E-state index in [1.54, 1.807) is 24.3 Å². The number of nitrogens with zero attached hydrogens (tertiary/aromatic N) is 2. The van der Waals surface area contributed by atoms with Gasteiger partial charge in [0.1, 0.15) is 0 Å². The van der Waals surface area contributed by atoms with Crippen molar-refractivity contribution in [3.05, 3.63) is 77.0 Å². The number of fused-ring (bicyclic) bond motifs is 1. The summed E-state index contributed by atoms with van der Waals surface area (Å²) in [5, 5.41) is 13.9. The van der Waals surface area contributed by atoms with E-state index in [2.05, 4.69) is 10.1 Å². The number of hydrazone groups is 1. The van der Waals surface area contributed by atoms with Crippen LogP contribution in [0.4, 0.5) is 0 Å². The van der Waals surface area contributed by atoms with Gasteiger partial charge in [-0.3, -0.25) is 4.98 Å². The summed E-state index contributed by atoms with van der Waals surface area (Å²) in [5.41, 5.74) is 4.18. The second-order valence-corrected chi connectivity index (χ2v) is 5.19. The first kappa shape index (κ1) is 14.7. The molecule has 0 amide bonds. The van der Waals surface area contributed by atoms with E-state index in [1.807, 2.05) is 37.3 Å². The standard InChI is InChI=1S/C18H15N3O2/c1-11-10-15(14-4-2-3-5-16(14)20-11)17(21-19)12-6-8-13(9-7-12)18(22)23/h2-10H,19H2,1H3,(H,22,23)/b21-17+. The highest BCUT2D eigenvalue weighted by Gasteiger charge is 2.13. The van der Waals surface area contributed by atoms with E-state index >= 15 is 0 Å². The highest BCUT2D eigenvalue weighted by atomic mass is 16.4. The first-order chi connectivity index (χ1) is 11.1. The van der Waals surface area contributed by atoms with E-state index < -0.39 is 5.97 Å². The van der Waals surface area contributed by atoms with Gasteiger partial charge in [0.2, 0.25) is 0 Å². The fourth-order valence-corrected chi connectivity index (χ4v) is 2.57. The topological polar surface area (TPSA) is 88.6 Å². The van der Waals surface area contributed by atoms with Gasteiger partial charge in [-0.1, -0.05) is 30.3 Å². The summed E-state index contributed by atoms with van der Waals surface area (Å²) in [7, 11) is 0. The van der Waals surface area contributed by atoms with Crippen molar-refractivity contribution in [3.63, 3.8) is 0 Å². The second kappa shape index (κ2) is 5.88. The van der Waals surface area contributed by atoms with Gasteiger partial charge < -0.3 is 10.9 Å². The maximum absolute atomic E-state index is 11.0. The number of rotatable bonds is 3. The lowest BCUT2D eigenvalue weighted by atomic mass is 9.97. The van der Waals surface area contributed by atoms with Gasteiger partial charge >= 0.3 is 5.97 Å². The Hall–Kier alpha value is -3.21. The van der Waals surface area contributed by atoms with Crippen LogP contribution in [0.3, 0.4) is 0 Å². The SMILES string of the molecule is Cc1cc(/C(=N/N)c2ccc(C(=O)O)cc2)c2ccccc2n1. The number of hydrogen-bond donors (Lipinski definition) is 2. The lowest BCUT2D eigenvalue weighted by Gasteiger charge is -2.10. The van der Waals surface area contributed by atoms with E-state index in [4.69, 9.17) is 10.9 Å². The van der Waals surface area contributed by atoms with Crippen molar-refractivity contribution in [1.29, 1.82) is 0 Å². The van der Waals surface area contributed by atoms with Crippen LogP contribution in [-0.4, -0.2) is 21.8 Å². The molecular formula is C18H15N3O2. The molecule has 0 unspecified atom stereocenters. The van der Waals surface area contributed by atoms with Crippen molar-refractivity contribution >= 4 is 22.6 Å². The van der Waals surface area contributed by atoms with E-state index in [1.165, 1.54) is 0 Å². The maximum atomic E-state index is 11.0. The molecule has 0 spiro atoms. The van der Waals surface area contributed by atoms with Crippen LogP contribution in [0.15, 0.2) is 59.7 Å². The number of carboxylic acids is 1. The number of carboxylic acid groups (broad SMARTS) is 1. The molecule has 1 heterocycles. The number of pyridine rings is 1. The van der Waals surface area contributed by atoms with Crippen molar-refractivity contribution < 1.29 is 9.90 Å². The molecule has 0 aliphatic carbocycles. The largest absolute Gasteiger partial charge is 0.478 e. The maximum Gasteiger partial charge on any atom is 0.335 e. The summed E-state index contributed by atoms with van der Waals surface area (Å²) >= 11 is 0. The van der Waals surface area contributed by atoms with Crippen molar-refractivity contribution in [1.82, 2.24) is 4.98 Å². The predicted molar refractivity (Wildman–Crippen MR) is 89.7 cm³/mol. The molecular weight excluding hydrogens is 290 g/mol. The monoisotopic (exact) mass is 305 g/mol. The molecule has 114 valence electrons. The number of aromatic nitrogens is 1. The Balaban J connectivity index is 2.17. The van der Waals surface area contributed by atoms with Crippen molar-refractivity contribution in [2.24, 2.45) is 10.9 Å². The molecule has 0 saturated carbocycles. The number of benzene rings is 2. The highest BCUT2D eigenvalue weighted by Crippen LogP contribution is 2.22. The number of para-hydroxylation sites is 1. The molecule has 0 saturated heterocycles. The minimum Gasteiger partial charge on any atom is -0.478 e. The van der Waals surface area contributed by atoms with Crippen LogP contribution >= 0.6 is 0 Å². The van der Waals surface area contributed by atoms with Crippen LogP contribution in [0.2, 0.25) is 0 Å². The molecule has 0 radical (unpaired) electrons. The van der Waals surface area contributed by atoms with Crippen molar-refractivity contribution in [2.75, 3.05) is 0 Å². The number of carbonyl (C=O) groups is 1. The van der Waals surface area contributed by atoms with Gasteiger partial charge in [0.25, 0.3) is 0 Å². The van der Waals surface area contributed by atoms with Crippen molar-refractivity contribution in [2.45, 2.75) is 6.92 Å². The summed E-state index contributed by atoms with van der Waals surface area (Å²) in [6, 6.07) is 16.2. The first-order valence-corrected chi connectivity index (χ1v) is 7.08. The third-order valence-corrected chi connectivity index (χ3v) is 3.63. The van der Waals surface area contributed by atoms with E-state index in [0.717, 1.165) is 27.7 Å². The lowest BCUT2D eigenvalue weighted by Crippen LogP contribution is -2.09. The van der Waals surface area contributed by atoms with E-state index in [9.17, 15) is 4.79 Å². The molecule has 23 heavy (non-hydrogen) atoms. The van der Waals surface area contributed by atoms with Gasteiger partial charge in [-0.05, 0) is 31.2 Å². The third-order valence-electron chi connectivity index (χ3n) is 3.63. The van der Waals surface area contributed by atoms with Gasteiger partial charge in [0.05, 0.1) is 16.8 Å². The molecule has 5 heteroatoms. The molecule has 0 fully saturated rings. The van der Waals surface area contributed by atoms with Crippen LogP contribution in [0, 0.1) is 6.92 Å². The molecule has 3 N–H and O–H groups in total. The summed E-state index contributed by atoms with van der Waals surface area (Å²) < 4.78 is 0. The summed E-state index contributed by atoms with van der Waals surface area (Å²) in [5.74, 6) is 4.66. The number of aromatic carboxylic acids is 1. The zero-order chi connectivity index (χ0) is 16.4. The average molecular weight is 305 g/mol. The zero-order valence-electron chi connectivity index (χ0n) is 12.5. The van der Waals surface area contributed by atoms with Gasteiger partial charge in [0.15, 0.2) is 0 Å². The van der Waals surface area contributed by atoms with E-state index in [-0.39, 0.29) is 5.56 Å². The molecule has 2 aromatic carbocycles. The summed E-state index contributed by atoms with van der Waals surface area (Å²) in [4.78, 5) is 15.5. The smallest absolute Gasteiger partial charge is 0.335 e. The average Bonchev–Trinajstić information content (AvgIpc) is 2.56. The van der Waals surface area contributed by atoms with Gasteiger partial charge in [0, 0.05) is 22.2 Å². The van der Waals surface area contributed by atoms with Crippen LogP contribution in [0.25, 0.3) is 10.9 Å². The number of aryl methyl sites for hydroxylation is 1. The Bertz CT molecular complexity index is 915. The van der Waals surface area contributed by atoms with Gasteiger partial charge in [-0.25, -0.2) is 4.79 Å². The van der Waals surface area contributed by atoms with Crippen LogP contribution in [0.5, 0.6) is 0 Å². The second-order valence-electron chi connectivity index (χ2n) is 5.19. The summed E-state index contributed by atoms with van der Waals surface area (Å²) in [6.45, 7) is 1.91.